The number of esters is 2. The first kappa shape index (κ1) is 42.6. The van der Waals surface area contributed by atoms with E-state index in [1.54, 1.807) is 74.5 Å². The van der Waals surface area contributed by atoms with Gasteiger partial charge in [0.05, 0.1) is 65.2 Å². The third kappa shape index (κ3) is 12.5. The van der Waals surface area contributed by atoms with E-state index in [4.69, 9.17) is 37.9 Å². The van der Waals surface area contributed by atoms with Crippen LogP contribution in [0.4, 0.5) is 0 Å². The van der Waals surface area contributed by atoms with Crippen molar-refractivity contribution in [1.29, 1.82) is 0 Å². The summed E-state index contributed by atoms with van der Waals surface area (Å²) in [5.41, 5.74) is 6.50. The lowest BCUT2D eigenvalue weighted by molar-refractivity contribution is -0.122. The topological polar surface area (TPSA) is 191 Å². The molecular weight excluding hydrogens is 740 g/mol. The minimum absolute atomic E-state index is 0.0326. The molecule has 2 N–H and O–H groups in total. The van der Waals surface area contributed by atoms with Crippen LogP contribution in [0.25, 0.3) is 0 Å². The number of methoxy groups -OCH3 is 4. The molecular formula is C41H44N4O12. The zero-order valence-corrected chi connectivity index (χ0v) is 32.4. The fourth-order valence-electron chi connectivity index (χ4n) is 5.04. The Morgan fingerprint density at radius 2 is 0.895 bits per heavy atom. The molecule has 4 aromatic carbocycles. The average molecular weight is 785 g/mol. The number of nitrogens with zero attached hydrogens (tertiary/aromatic N) is 2. The van der Waals surface area contributed by atoms with E-state index < -0.39 is 23.8 Å². The van der Waals surface area contributed by atoms with Gasteiger partial charge in [-0.15, -0.1) is 0 Å². The predicted molar refractivity (Wildman–Crippen MR) is 210 cm³/mol. The van der Waals surface area contributed by atoms with E-state index in [0.29, 0.717) is 58.8 Å². The third-order valence-electron chi connectivity index (χ3n) is 7.79. The average Bonchev–Trinajstić information content (AvgIpc) is 3.22. The van der Waals surface area contributed by atoms with Crippen molar-refractivity contribution >= 4 is 36.2 Å². The first-order chi connectivity index (χ1) is 27.6. The molecule has 0 saturated heterocycles. The molecule has 0 aliphatic rings. The zero-order valence-electron chi connectivity index (χ0n) is 32.4. The predicted octanol–water partition coefficient (Wildman–Crippen LogP) is 5.73. The number of carbonyl (C=O) groups is 4. The van der Waals surface area contributed by atoms with Gasteiger partial charge in [0.2, 0.25) is 11.8 Å². The van der Waals surface area contributed by atoms with Crippen molar-refractivity contribution in [3.63, 3.8) is 0 Å². The molecule has 0 heterocycles. The number of nitrogens with one attached hydrogen (secondary N) is 2. The molecule has 0 aromatic heterocycles. The highest BCUT2D eigenvalue weighted by molar-refractivity contribution is 5.93. The van der Waals surface area contributed by atoms with Crippen LogP contribution >= 0.6 is 0 Å². The van der Waals surface area contributed by atoms with Gasteiger partial charge in [-0.05, 0) is 104 Å². The van der Waals surface area contributed by atoms with Crippen molar-refractivity contribution in [1.82, 2.24) is 10.9 Å². The summed E-state index contributed by atoms with van der Waals surface area (Å²) in [6.45, 7) is 4.19. The van der Waals surface area contributed by atoms with Crippen LogP contribution in [0.2, 0.25) is 0 Å². The maximum Gasteiger partial charge on any atom is 0.343 e. The Bertz CT molecular complexity index is 1950. The van der Waals surface area contributed by atoms with Gasteiger partial charge in [0.25, 0.3) is 0 Å². The third-order valence-corrected chi connectivity index (χ3v) is 7.79. The number of carbonyl (C=O) groups excluding carboxylic acids is 4. The molecule has 2 amide bonds. The molecule has 0 aliphatic heterocycles. The highest BCUT2D eigenvalue weighted by Gasteiger charge is 2.18. The van der Waals surface area contributed by atoms with Gasteiger partial charge in [-0.3, -0.25) is 9.59 Å². The van der Waals surface area contributed by atoms with E-state index in [1.807, 2.05) is 0 Å². The van der Waals surface area contributed by atoms with E-state index in [2.05, 4.69) is 21.1 Å². The molecule has 0 bridgehead atoms. The molecule has 0 radical (unpaired) electrons. The largest absolute Gasteiger partial charge is 0.493 e. The Labute approximate surface area is 329 Å². The van der Waals surface area contributed by atoms with Gasteiger partial charge in [-0.25, -0.2) is 20.4 Å². The van der Waals surface area contributed by atoms with Crippen molar-refractivity contribution in [2.24, 2.45) is 10.2 Å². The Morgan fingerprint density at radius 1 is 0.509 bits per heavy atom. The van der Waals surface area contributed by atoms with E-state index >= 15 is 0 Å². The summed E-state index contributed by atoms with van der Waals surface area (Å²) >= 11 is 0. The molecule has 0 fully saturated rings. The first-order valence-electron chi connectivity index (χ1n) is 17.7. The maximum absolute atomic E-state index is 12.8. The second kappa shape index (κ2) is 21.7. The lowest BCUT2D eigenvalue weighted by Gasteiger charge is -2.12. The Morgan fingerprint density at radius 3 is 1.26 bits per heavy atom. The van der Waals surface area contributed by atoms with Crippen LogP contribution in [0, 0.1) is 0 Å². The van der Waals surface area contributed by atoms with Crippen LogP contribution in [0.5, 0.6) is 46.0 Å². The number of hydrogen-bond donors (Lipinski definition) is 2. The normalized spacial score (nSPS) is 10.8. The second-order valence-corrected chi connectivity index (χ2v) is 11.6. The highest BCUT2D eigenvalue weighted by atomic mass is 16.6. The number of hydrazone groups is 2. The molecule has 300 valence electrons. The minimum Gasteiger partial charge on any atom is -0.493 e. The van der Waals surface area contributed by atoms with Gasteiger partial charge < -0.3 is 37.9 Å². The van der Waals surface area contributed by atoms with Crippen LogP contribution in [-0.4, -0.2) is 77.8 Å². The number of amides is 2. The molecule has 4 aromatic rings. The molecule has 16 nitrogen and oxygen atoms in total. The van der Waals surface area contributed by atoms with Crippen LogP contribution < -0.4 is 48.7 Å². The van der Waals surface area contributed by atoms with Crippen molar-refractivity contribution in [3.8, 4) is 46.0 Å². The van der Waals surface area contributed by atoms with Gasteiger partial charge in [0.1, 0.15) is 0 Å². The second-order valence-electron chi connectivity index (χ2n) is 11.6. The smallest absolute Gasteiger partial charge is 0.343 e. The van der Waals surface area contributed by atoms with Gasteiger partial charge in [0, 0.05) is 12.8 Å². The summed E-state index contributed by atoms with van der Waals surface area (Å²) in [4.78, 5) is 50.4. The lowest BCUT2D eigenvalue weighted by Crippen LogP contribution is -2.20. The molecule has 0 aliphatic carbocycles. The number of ether oxygens (including phenoxy) is 8. The summed E-state index contributed by atoms with van der Waals surface area (Å²) < 4.78 is 43.4. The highest BCUT2D eigenvalue weighted by Crippen LogP contribution is 2.33. The van der Waals surface area contributed by atoms with E-state index in [-0.39, 0.29) is 41.9 Å². The van der Waals surface area contributed by atoms with Crippen LogP contribution in [0.3, 0.4) is 0 Å². The molecule has 16 heteroatoms. The molecule has 0 spiro atoms. The summed E-state index contributed by atoms with van der Waals surface area (Å²) in [6.07, 6.45) is 3.13. The summed E-state index contributed by atoms with van der Waals surface area (Å²) in [6, 6.07) is 19.0. The molecule has 0 unspecified atom stereocenters. The van der Waals surface area contributed by atoms with E-state index in [0.717, 1.165) is 0 Å². The maximum atomic E-state index is 12.8. The van der Waals surface area contributed by atoms with Gasteiger partial charge in [-0.1, -0.05) is 0 Å². The van der Waals surface area contributed by atoms with Crippen LogP contribution in [-0.2, 0) is 9.59 Å². The molecule has 4 rings (SSSR count). The molecule has 57 heavy (non-hydrogen) atoms. The Kier molecular flexibility index (Phi) is 16.2. The van der Waals surface area contributed by atoms with Gasteiger partial charge in [-0.2, -0.15) is 10.2 Å². The minimum atomic E-state index is -0.623. The van der Waals surface area contributed by atoms with Gasteiger partial charge in [0.15, 0.2) is 46.0 Å². The number of rotatable bonds is 20. The summed E-state index contributed by atoms with van der Waals surface area (Å²) in [5.74, 6) is 0.654. The van der Waals surface area contributed by atoms with E-state index in [9.17, 15) is 19.2 Å². The van der Waals surface area contributed by atoms with Crippen LogP contribution in [0.1, 0.15) is 65.0 Å². The number of hydrogen-bond acceptors (Lipinski definition) is 14. The lowest BCUT2D eigenvalue weighted by atomic mass is 10.2. The molecule has 0 atom stereocenters. The SMILES string of the molecule is CCOc1cc(/C=N\NC(=O)CCCC(=O)N/N=C/c2ccc(OC(=O)c3ccc(OC)c(OC)c3)c(OCC)c2)ccc1OC(=O)c1ccc(OC)c(OC)c1. The van der Waals surface area contributed by atoms with E-state index in [1.165, 1.54) is 53.0 Å². The Balaban J connectivity index is 1.23. The van der Waals surface area contributed by atoms with Crippen molar-refractivity contribution < 1.29 is 57.1 Å². The standard InChI is InChI=1S/C41H44N4O12/c1-7-54-36-20-26(12-16-32(36)56-40(48)28-14-18-30(50-3)34(22-28)52-5)24-42-44-38(46)10-9-11-39(47)45-43-25-27-13-17-33(37(21-27)55-8-2)57-41(49)29-15-19-31(51-4)35(23-29)53-6/h12-25H,7-11H2,1-6H3,(H,44,46)(H,45,47)/b42-24-,43-25+. The van der Waals surface area contributed by atoms with Crippen molar-refractivity contribution in [2.75, 3.05) is 41.7 Å². The fourth-order valence-corrected chi connectivity index (χ4v) is 5.04. The van der Waals surface area contributed by atoms with Crippen molar-refractivity contribution in [3.05, 3.63) is 95.1 Å². The van der Waals surface area contributed by atoms with Crippen LogP contribution in [0.15, 0.2) is 83.0 Å². The summed E-state index contributed by atoms with van der Waals surface area (Å²) in [7, 11) is 5.93. The Hall–Kier alpha value is -7.10. The van der Waals surface area contributed by atoms with Gasteiger partial charge >= 0.3 is 11.9 Å². The summed E-state index contributed by atoms with van der Waals surface area (Å²) in [5, 5.41) is 7.97. The number of benzene rings is 4. The first-order valence-corrected chi connectivity index (χ1v) is 17.7. The monoisotopic (exact) mass is 784 g/mol. The fraction of sp³-hybridized carbons (Fsp3) is 0.268. The molecule has 0 saturated carbocycles. The zero-order chi connectivity index (χ0) is 41.2. The quantitative estimate of drug-likeness (QED) is 0.0480. The van der Waals surface area contributed by atoms with Crippen molar-refractivity contribution in [2.45, 2.75) is 33.1 Å².